The van der Waals surface area contributed by atoms with Crippen LogP contribution in [0.15, 0.2) is 18.2 Å². The minimum atomic E-state index is -0.298. The molecule has 0 saturated heterocycles. The van der Waals surface area contributed by atoms with Gasteiger partial charge in [-0.3, -0.25) is 4.79 Å². The first-order chi connectivity index (χ1) is 8.19. The van der Waals surface area contributed by atoms with Crippen molar-refractivity contribution in [1.82, 2.24) is 5.32 Å². The predicted octanol–water partition coefficient (Wildman–Crippen LogP) is 1.85. The van der Waals surface area contributed by atoms with E-state index in [1.165, 1.54) is 0 Å². The Labute approximate surface area is 106 Å². The second-order valence-corrected chi connectivity index (χ2v) is 3.90. The summed E-state index contributed by atoms with van der Waals surface area (Å²) in [6.07, 6.45) is 0.861. The lowest BCUT2D eigenvalue weighted by Gasteiger charge is -2.11. The lowest BCUT2D eigenvalue weighted by Crippen LogP contribution is -2.26. The molecule has 0 saturated carbocycles. The first-order valence-corrected chi connectivity index (χ1v) is 5.88. The van der Waals surface area contributed by atoms with Crippen LogP contribution in [0.2, 0.25) is 5.02 Å². The van der Waals surface area contributed by atoms with Gasteiger partial charge in [-0.05, 0) is 24.6 Å². The molecule has 94 valence electrons. The fourth-order valence-electron chi connectivity index (χ4n) is 1.28. The van der Waals surface area contributed by atoms with Gasteiger partial charge in [-0.2, -0.15) is 0 Å². The molecular weight excluding hydrogens is 242 g/mol. The van der Waals surface area contributed by atoms with E-state index in [-0.39, 0.29) is 19.1 Å². The Balaban J connectivity index is 2.85. The summed E-state index contributed by atoms with van der Waals surface area (Å²) in [5, 5.41) is 11.7. The molecule has 0 atom stereocenters. The van der Waals surface area contributed by atoms with Crippen molar-refractivity contribution in [3.05, 3.63) is 28.8 Å². The van der Waals surface area contributed by atoms with Crippen LogP contribution in [-0.4, -0.2) is 30.8 Å². The molecule has 0 heterocycles. The maximum Gasteiger partial charge on any atom is 0.255 e. The number of halogens is 1. The van der Waals surface area contributed by atoms with Gasteiger partial charge >= 0.3 is 0 Å². The average molecular weight is 258 g/mol. The van der Waals surface area contributed by atoms with Crippen molar-refractivity contribution in [1.29, 1.82) is 0 Å². The second-order valence-electron chi connectivity index (χ2n) is 3.47. The number of benzene rings is 1. The highest BCUT2D eigenvalue weighted by molar-refractivity contribution is 6.31. The molecule has 1 aromatic rings. The molecule has 0 spiro atoms. The summed E-state index contributed by atoms with van der Waals surface area (Å²) in [4.78, 5) is 11.8. The summed E-state index contributed by atoms with van der Waals surface area (Å²) in [5.74, 6) is 0.208. The third-order valence-electron chi connectivity index (χ3n) is 2.05. The summed E-state index contributed by atoms with van der Waals surface area (Å²) < 4.78 is 5.46. The van der Waals surface area contributed by atoms with Crippen molar-refractivity contribution in [3.8, 4) is 5.75 Å². The van der Waals surface area contributed by atoms with E-state index in [0.29, 0.717) is 22.9 Å². The van der Waals surface area contributed by atoms with Gasteiger partial charge in [-0.25, -0.2) is 0 Å². The number of aliphatic hydroxyl groups is 1. The summed E-state index contributed by atoms with van der Waals surface area (Å²) >= 11 is 5.84. The molecule has 2 N–H and O–H groups in total. The smallest absolute Gasteiger partial charge is 0.255 e. The standard InChI is InChI=1S/C12H16ClNO3/c1-2-7-17-11-4-3-9(13)8-10(11)12(16)14-5-6-15/h3-4,8,15H,2,5-7H2,1H3,(H,14,16). The van der Waals surface area contributed by atoms with Crippen LogP contribution < -0.4 is 10.1 Å². The SMILES string of the molecule is CCCOc1ccc(Cl)cc1C(=O)NCCO. The van der Waals surface area contributed by atoms with E-state index in [0.717, 1.165) is 6.42 Å². The maximum absolute atomic E-state index is 11.8. The van der Waals surface area contributed by atoms with Crippen LogP contribution in [0.25, 0.3) is 0 Å². The molecular formula is C12H16ClNO3. The van der Waals surface area contributed by atoms with Gasteiger partial charge in [0.05, 0.1) is 18.8 Å². The van der Waals surface area contributed by atoms with Crippen LogP contribution in [0.3, 0.4) is 0 Å². The van der Waals surface area contributed by atoms with Gasteiger partial charge in [0.15, 0.2) is 0 Å². The topological polar surface area (TPSA) is 58.6 Å². The molecule has 1 aromatic carbocycles. The Morgan fingerprint density at radius 2 is 2.29 bits per heavy atom. The van der Waals surface area contributed by atoms with E-state index in [2.05, 4.69) is 5.32 Å². The molecule has 1 amide bonds. The molecule has 0 aromatic heterocycles. The first-order valence-electron chi connectivity index (χ1n) is 5.50. The third-order valence-corrected chi connectivity index (χ3v) is 2.28. The zero-order valence-electron chi connectivity index (χ0n) is 9.70. The van der Waals surface area contributed by atoms with E-state index >= 15 is 0 Å². The predicted molar refractivity (Wildman–Crippen MR) is 66.7 cm³/mol. The van der Waals surface area contributed by atoms with E-state index in [4.69, 9.17) is 21.4 Å². The van der Waals surface area contributed by atoms with Gasteiger partial charge in [0, 0.05) is 11.6 Å². The molecule has 5 heteroatoms. The number of amides is 1. The Morgan fingerprint density at radius 1 is 1.53 bits per heavy atom. The number of hydrogen-bond acceptors (Lipinski definition) is 3. The highest BCUT2D eigenvalue weighted by Gasteiger charge is 2.12. The second kappa shape index (κ2) is 7.14. The maximum atomic E-state index is 11.8. The van der Waals surface area contributed by atoms with Crippen LogP contribution in [-0.2, 0) is 0 Å². The van der Waals surface area contributed by atoms with Crippen molar-refractivity contribution < 1.29 is 14.6 Å². The number of rotatable bonds is 6. The van der Waals surface area contributed by atoms with Crippen molar-refractivity contribution in [3.63, 3.8) is 0 Å². The molecule has 1 rings (SSSR count). The summed E-state index contributed by atoms with van der Waals surface area (Å²) in [7, 11) is 0. The fraction of sp³-hybridized carbons (Fsp3) is 0.417. The normalized spacial score (nSPS) is 10.1. The number of ether oxygens (including phenoxy) is 1. The lowest BCUT2D eigenvalue weighted by molar-refractivity contribution is 0.0940. The Hall–Kier alpha value is -1.26. The van der Waals surface area contributed by atoms with Crippen molar-refractivity contribution in [2.45, 2.75) is 13.3 Å². The van der Waals surface area contributed by atoms with Gasteiger partial charge in [-0.15, -0.1) is 0 Å². The number of carbonyl (C=O) groups excluding carboxylic acids is 1. The Morgan fingerprint density at radius 3 is 2.94 bits per heavy atom. The first kappa shape index (κ1) is 13.8. The minimum absolute atomic E-state index is 0.0997. The average Bonchev–Trinajstić information content (AvgIpc) is 2.34. The molecule has 0 aliphatic carbocycles. The number of nitrogens with one attached hydrogen (secondary N) is 1. The fourth-order valence-corrected chi connectivity index (χ4v) is 1.45. The third kappa shape index (κ3) is 4.24. The van der Waals surface area contributed by atoms with Gasteiger partial charge in [0.1, 0.15) is 5.75 Å². The summed E-state index contributed by atoms with van der Waals surface area (Å²) in [6.45, 7) is 2.64. The Kier molecular flexibility index (Phi) is 5.80. The number of hydrogen-bond donors (Lipinski definition) is 2. The van der Waals surface area contributed by atoms with Crippen LogP contribution in [0.4, 0.5) is 0 Å². The van der Waals surface area contributed by atoms with E-state index in [1.54, 1.807) is 18.2 Å². The largest absolute Gasteiger partial charge is 0.493 e. The van der Waals surface area contributed by atoms with Crippen LogP contribution in [0.1, 0.15) is 23.7 Å². The van der Waals surface area contributed by atoms with Gasteiger partial charge in [-0.1, -0.05) is 18.5 Å². The quantitative estimate of drug-likeness (QED) is 0.818. The minimum Gasteiger partial charge on any atom is -0.493 e. The monoisotopic (exact) mass is 257 g/mol. The number of carbonyl (C=O) groups is 1. The zero-order valence-corrected chi connectivity index (χ0v) is 10.5. The number of aliphatic hydroxyl groups excluding tert-OH is 1. The molecule has 0 aliphatic heterocycles. The van der Waals surface area contributed by atoms with Crippen LogP contribution in [0, 0.1) is 0 Å². The van der Waals surface area contributed by atoms with E-state index < -0.39 is 0 Å². The van der Waals surface area contributed by atoms with Crippen molar-refractivity contribution in [2.24, 2.45) is 0 Å². The molecule has 0 fully saturated rings. The zero-order chi connectivity index (χ0) is 12.7. The molecule has 0 radical (unpaired) electrons. The highest BCUT2D eigenvalue weighted by Crippen LogP contribution is 2.23. The van der Waals surface area contributed by atoms with E-state index in [9.17, 15) is 4.79 Å². The molecule has 0 bridgehead atoms. The van der Waals surface area contributed by atoms with Gasteiger partial charge in [0.25, 0.3) is 5.91 Å². The van der Waals surface area contributed by atoms with Crippen molar-refractivity contribution >= 4 is 17.5 Å². The van der Waals surface area contributed by atoms with Gasteiger partial charge < -0.3 is 15.2 Å². The highest BCUT2D eigenvalue weighted by atomic mass is 35.5. The van der Waals surface area contributed by atoms with Gasteiger partial charge in [0.2, 0.25) is 0 Å². The molecule has 0 unspecified atom stereocenters. The summed E-state index contributed by atoms with van der Waals surface area (Å²) in [6, 6.07) is 4.90. The van der Waals surface area contributed by atoms with Crippen LogP contribution >= 0.6 is 11.6 Å². The Bertz CT molecular complexity index is 382. The summed E-state index contributed by atoms with van der Waals surface area (Å²) in [5.41, 5.74) is 0.388. The van der Waals surface area contributed by atoms with Crippen LogP contribution in [0.5, 0.6) is 5.75 Å². The molecule has 4 nitrogen and oxygen atoms in total. The molecule has 0 aliphatic rings. The molecule has 17 heavy (non-hydrogen) atoms. The lowest BCUT2D eigenvalue weighted by atomic mass is 10.2. The van der Waals surface area contributed by atoms with Crippen molar-refractivity contribution in [2.75, 3.05) is 19.8 Å². The van der Waals surface area contributed by atoms with E-state index in [1.807, 2.05) is 6.92 Å².